The lowest BCUT2D eigenvalue weighted by molar-refractivity contribution is -0.387. The van der Waals surface area contributed by atoms with Crippen LogP contribution in [-0.4, -0.2) is 23.3 Å². The van der Waals surface area contributed by atoms with Crippen molar-refractivity contribution in [3.63, 3.8) is 0 Å². The molecule has 2 aromatic rings. The minimum Gasteiger partial charge on any atom is -0.326 e. The quantitative estimate of drug-likeness (QED) is 0.658. The number of carbonyl (C=O) groups excluding carboxylic acids is 2. The van der Waals surface area contributed by atoms with E-state index in [1.54, 1.807) is 24.3 Å². The molecule has 1 fully saturated rings. The Labute approximate surface area is 153 Å². The van der Waals surface area contributed by atoms with Gasteiger partial charge < -0.3 is 10.2 Å². The SMILES string of the molecule is N#Cc1ccc(NC(=O)C2CC(=O)N(c3ccc(F)c([N+](=O)[O-])c3)C2)cc1. The highest BCUT2D eigenvalue weighted by atomic mass is 19.1. The van der Waals surface area contributed by atoms with E-state index in [4.69, 9.17) is 5.26 Å². The molecule has 1 saturated heterocycles. The topological polar surface area (TPSA) is 116 Å². The largest absolute Gasteiger partial charge is 0.326 e. The Morgan fingerprint density at radius 1 is 1.30 bits per heavy atom. The molecule has 1 unspecified atom stereocenters. The molecule has 1 heterocycles. The summed E-state index contributed by atoms with van der Waals surface area (Å²) in [6.07, 6.45) is -0.0622. The van der Waals surface area contributed by atoms with E-state index in [0.717, 1.165) is 12.1 Å². The second-order valence-electron chi connectivity index (χ2n) is 5.98. The van der Waals surface area contributed by atoms with Gasteiger partial charge in [-0.2, -0.15) is 9.65 Å². The minimum absolute atomic E-state index is 0.0315. The Balaban J connectivity index is 1.73. The maximum atomic E-state index is 13.5. The van der Waals surface area contributed by atoms with Crippen LogP contribution >= 0.6 is 0 Å². The molecule has 1 aliphatic heterocycles. The second kappa shape index (κ2) is 7.21. The fraction of sp³-hybridized carbons (Fsp3) is 0.167. The molecule has 3 rings (SSSR count). The van der Waals surface area contributed by atoms with Gasteiger partial charge in [0, 0.05) is 24.7 Å². The fourth-order valence-electron chi connectivity index (χ4n) is 2.81. The Morgan fingerprint density at radius 3 is 2.63 bits per heavy atom. The zero-order valence-electron chi connectivity index (χ0n) is 13.9. The van der Waals surface area contributed by atoms with Crippen LogP contribution in [0, 0.1) is 33.2 Å². The van der Waals surface area contributed by atoms with Crippen LogP contribution in [0.4, 0.5) is 21.5 Å². The van der Waals surface area contributed by atoms with E-state index in [2.05, 4.69) is 5.32 Å². The van der Waals surface area contributed by atoms with E-state index >= 15 is 0 Å². The Bertz CT molecular complexity index is 968. The number of nitriles is 1. The molecule has 0 aromatic heterocycles. The van der Waals surface area contributed by atoms with Crippen molar-refractivity contribution >= 4 is 28.9 Å². The van der Waals surface area contributed by atoms with E-state index < -0.39 is 22.3 Å². The summed E-state index contributed by atoms with van der Waals surface area (Å²) in [5.74, 6) is -2.41. The van der Waals surface area contributed by atoms with Crippen molar-refractivity contribution in [3.8, 4) is 6.07 Å². The lowest BCUT2D eigenvalue weighted by atomic mass is 10.1. The standard InChI is InChI=1S/C18H13FN4O4/c19-15-6-5-14(8-16(15)23(26)27)22-10-12(7-17(22)24)18(25)21-13-3-1-11(9-20)2-4-13/h1-6,8,12H,7,10H2,(H,21,25). The molecule has 9 heteroatoms. The van der Waals surface area contributed by atoms with Gasteiger partial charge in [-0.05, 0) is 36.4 Å². The molecule has 0 aliphatic carbocycles. The molecule has 1 N–H and O–H groups in total. The molecule has 136 valence electrons. The predicted molar refractivity (Wildman–Crippen MR) is 93.3 cm³/mol. The van der Waals surface area contributed by atoms with Crippen molar-refractivity contribution < 1.29 is 18.9 Å². The number of hydrogen-bond donors (Lipinski definition) is 1. The van der Waals surface area contributed by atoms with Gasteiger partial charge in [-0.1, -0.05) is 0 Å². The van der Waals surface area contributed by atoms with Crippen molar-refractivity contribution in [3.05, 3.63) is 64.0 Å². The molecule has 1 atom stereocenters. The molecule has 0 saturated carbocycles. The van der Waals surface area contributed by atoms with Gasteiger partial charge in [-0.15, -0.1) is 0 Å². The first-order chi connectivity index (χ1) is 12.9. The van der Waals surface area contributed by atoms with Crippen LogP contribution < -0.4 is 10.2 Å². The number of hydrogen-bond acceptors (Lipinski definition) is 5. The number of nitro benzene ring substituents is 1. The number of benzene rings is 2. The summed E-state index contributed by atoms with van der Waals surface area (Å²) in [4.78, 5) is 35.9. The van der Waals surface area contributed by atoms with Gasteiger partial charge in [0.2, 0.25) is 17.6 Å². The van der Waals surface area contributed by atoms with E-state index in [1.807, 2.05) is 6.07 Å². The van der Waals surface area contributed by atoms with Crippen molar-refractivity contribution in [2.24, 2.45) is 5.92 Å². The smallest absolute Gasteiger partial charge is 0.306 e. The zero-order valence-corrected chi connectivity index (χ0v) is 13.9. The van der Waals surface area contributed by atoms with Crippen LogP contribution in [-0.2, 0) is 9.59 Å². The number of amides is 2. The summed E-state index contributed by atoms with van der Waals surface area (Å²) < 4.78 is 13.5. The molecule has 2 amide bonds. The van der Waals surface area contributed by atoms with Crippen molar-refractivity contribution in [1.82, 2.24) is 0 Å². The number of nitrogens with one attached hydrogen (secondary N) is 1. The van der Waals surface area contributed by atoms with Gasteiger partial charge in [0.25, 0.3) is 0 Å². The fourth-order valence-corrected chi connectivity index (χ4v) is 2.81. The summed E-state index contributed by atoms with van der Waals surface area (Å²) in [6, 6.07) is 11.4. The molecular weight excluding hydrogens is 355 g/mol. The molecule has 8 nitrogen and oxygen atoms in total. The molecule has 0 bridgehead atoms. The predicted octanol–water partition coefficient (Wildman–Crippen LogP) is 2.60. The molecular formula is C18H13FN4O4. The lowest BCUT2D eigenvalue weighted by Crippen LogP contribution is -2.28. The Kier molecular flexibility index (Phi) is 4.81. The third kappa shape index (κ3) is 3.74. The molecule has 0 radical (unpaired) electrons. The van der Waals surface area contributed by atoms with Gasteiger partial charge in [0.1, 0.15) is 0 Å². The second-order valence-corrected chi connectivity index (χ2v) is 5.98. The van der Waals surface area contributed by atoms with Gasteiger partial charge in [0.05, 0.1) is 28.2 Å². The number of rotatable bonds is 4. The van der Waals surface area contributed by atoms with Crippen molar-refractivity contribution in [1.29, 1.82) is 5.26 Å². The van der Waals surface area contributed by atoms with Crippen LogP contribution in [0.3, 0.4) is 0 Å². The third-order valence-corrected chi connectivity index (χ3v) is 4.22. The summed E-state index contributed by atoms with van der Waals surface area (Å²) >= 11 is 0. The number of nitrogens with zero attached hydrogens (tertiary/aromatic N) is 3. The highest BCUT2D eigenvalue weighted by molar-refractivity contribution is 6.03. The van der Waals surface area contributed by atoms with Crippen LogP contribution in [0.25, 0.3) is 0 Å². The minimum atomic E-state index is -0.995. The zero-order chi connectivity index (χ0) is 19.6. The van der Waals surface area contributed by atoms with Crippen LogP contribution in [0.5, 0.6) is 0 Å². The summed E-state index contributed by atoms with van der Waals surface area (Å²) in [7, 11) is 0. The molecule has 2 aromatic carbocycles. The van der Waals surface area contributed by atoms with Crippen LogP contribution in [0.15, 0.2) is 42.5 Å². The molecule has 0 spiro atoms. The van der Waals surface area contributed by atoms with Crippen LogP contribution in [0.2, 0.25) is 0 Å². The lowest BCUT2D eigenvalue weighted by Gasteiger charge is -2.16. The van der Waals surface area contributed by atoms with Crippen molar-refractivity contribution in [2.75, 3.05) is 16.8 Å². The summed E-state index contributed by atoms with van der Waals surface area (Å²) in [6.45, 7) is 0.0315. The maximum absolute atomic E-state index is 13.5. The van der Waals surface area contributed by atoms with Gasteiger partial charge in [-0.3, -0.25) is 19.7 Å². The Morgan fingerprint density at radius 2 is 2.00 bits per heavy atom. The average Bonchev–Trinajstić information content (AvgIpc) is 3.04. The number of nitro groups is 1. The highest BCUT2D eigenvalue weighted by Crippen LogP contribution is 2.30. The first-order valence-electron chi connectivity index (χ1n) is 7.94. The first-order valence-corrected chi connectivity index (χ1v) is 7.94. The summed E-state index contributed by atoms with van der Waals surface area (Å²) in [5.41, 5.74) is 0.378. The Hall–Kier alpha value is -3.80. The highest BCUT2D eigenvalue weighted by Gasteiger charge is 2.36. The number of carbonyl (C=O) groups is 2. The van der Waals surface area contributed by atoms with E-state index in [1.165, 1.54) is 11.0 Å². The average molecular weight is 368 g/mol. The maximum Gasteiger partial charge on any atom is 0.306 e. The number of halogens is 1. The van der Waals surface area contributed by atoms with Crippen molar-refractivity contribution in [2.45, 2.75) is 6.42 Å². The number of anilines is 2. The first kappa shape index (κ1) is 18.0. The van der Waals surface area contributed by atoms with Gasteiger partial charge >= 0.3 is 5.69 Å². The third-order valence-electron chi connectivity index (χ3n) is 4.22. The van der Waals surface area contributed by atoms with E-state index in [9.17, 15) is 24.1 Å². The monoisotopic (exact) mass is 368 g/mol. The van der Waals surface area contributed by atoms with Gasteiger partial charge in [-0.25, -0.2) is 0 Å². The molecule has 1 aliphatic rings. The van der Waals surface area contributed by atoms with Crippen LogP contribution in [0.1, 0.15) is 12.0 Å². The van der Waals surface area contributed by atoms with Gasteiger partial charge in [0.15, 0.2) is 0 Å². The van der Waals surface area contributed by atoms with E-state index in [0.29, 0.717) is 11.3 Å². The summed E-state index contributed by atoms with van der Waals surface area (Å²) in [5, 5.41) is 22.3. The van der Waals surface area contributed by atoms with E-state index in [-0.39, 0.29) is 30.5 Å². The molecule has 27 heavy (non-hydrogen) atoms. The normalized spacial score (nSPS) is 16.1.